The van der Waals surface area contributed by atoms with Gasteiger partial charge < -0.3 is 14.3 Å². The summed E-state index contributed by atoms with van der Waals surface area (Å²) in [4.78, 5) is 13.8. The summed E-state index contributed by atoms with van der Waals surface area (Å²) in [6, 6.07) is 0. The highest BCUT2D eigenvalue weighted by Crippen LogP contribution is 2.37. The molecule has 0 aromatic heterocycles. The minimum atomic E-state index is -0.444. The molecule has 22 heavy (non-hydrogen) atoms. The first-order valence-corrected chi connectivity index (χ1v) is 8.12. The Balaban J connectivity index is 2.50. The Morgan fingerprint density at radius 2 is 1.82 bits per heavy atom. The lowest BCUT2D eigenvalue weighted by Gasteiger charge is -2.40. The fraction of sp³-hybridized carbons (Fsp3) is 0.812. The van der Waals surface area contributed by atoms with Gasteiger partial charge in [-0.2, -0.15) is 0 Å². The van der Waals surface area contributed by atoms with Gasteiger partial charge in [0.05, 0.1) is 0 Å². The molecule has 1 aliphatic heterocycles. The van der Waals surface area contributed by atoms with E-state index in [1.807, 2.05) is 20.8 Å². The fourth-order valence-electron chi connectivity index (χ4n) is 1.82. The first-order chi connectivity index (χ1) is 9.82. The van der Waals surface area contributed by atoms with Crippen LogP contribution in [0, 0.1) is 0 Å². The number of carbonyl (C=O) groups excluding carboxylic acids is 1. The number of ether oxygens (including phenoxy) is 1. The molecule has 1 amide bonds. The molecule has 6 heteroatoms. The smallest absolute Gasteiger partial charge is 0.410 e. The van der Waals surface area contributed by atoms with Crippen LogP contribution in [0.15, 0.2) is 11.5 Å². The average molecular weight is 307 g/mol. The Bertz CT molecular complexity index is 434. The molecule has 0 aromatic carbocycles. The molecule has 0 bridgehead atoms. The van der Waals surface area contributed by atoms with E-state index in [-0.39, 0.29) is 17.0 Å². The van der Waals surface area contributed by atoms with Crippen LogP contribution in [0.5, 0.6) is 0 Å². The van der Waals surface area contributed by atoms with Crippen LogP contribution in [0.25, 0.3) is 0 Å². The first-order valence-electron chi connectivity index (χ1n) is 8.12. The van der Waals surface area contributed by atoms with E-state index in [1.165, 1.54) is 5.47 Å². The van der Waals surface area contributed by atoms with Crippen molar-refractivity contribution >= 4 is 21.4 Å². The molecule has 0 unspecified atom stereocenters. The van der Waals surface area contributed by atoms with Crippen LogP contribution >= 0.6 is 0 Å². The Labute approximate surface area is 137 Å². The van der Waals surface area contributed by atoms with Crippen LogP contribution in [0.2, 0.25) is 5.31 Å². The van der Waals surface area contributed by atoms with Crippen molar-refractivity contribution in [3.05, 3.63) is 11.5 Å². The second kappa shape index (κ2) is 6.69. The second-order valence-corrected chi connectivity index (χ2v) is 8.59. The van der Waals surface area contributed by atoms with E-state index in [0.717, 1.165) is 6.42 Å². The maximum absolute atomic E-state index is 12.0. The third kappa shape index (κ3) is 5.71. The first kappa shape index (κ1) is 19.1. The van der Waals surface area contributed by atoms with Crippen LogP contribution in [-0.4, -0.2) is 50.6 Å². The molecule has 4 nitrogen and oxygen atoms in total. The van der Waals surface area contributed by atoms with Crippen LogP contribution in [-0.2, 0) is 9.39 Å². The Morgan fingerprint density at radius 1 is 1.23 bits per heavy atom. The standard InChI is InChI=1S/C16H31B2NO3/c1-14(2,3)21-13(20)19-10-8-12(9-11-19)18-22-16(6,7)15(4,5)17/h8,18H,9-11,17H2,1-7H3. The van der Waals surface area contributed by atoms with Gasteiger partial charge in [0, 0.05) is 18.7 Å². The van der Waals surface area contributed by atoms with Crippen LogP contribution in [0.1, 0.15) is 54.9 Å². The molecule has 0 spiro atoms. The minimum absolute atomic E-state index is 0.0881. The predicted molar refractivity (Wildman–Crippen MR) is 95.4 cm³/mol. The summed E-state index contributed by atoms with van der Waals surface area (Å²) in [5.41, 5.74) is 0.633. The molecule has 0 radical (unpaired) electrons. The number of rotatable bonds is 4. The molecule has 0 fully saturated rings. The summed E-state index contributed by atoms with van der Waals surface area (Å²) >= 11 is 0. The number of amides is 1. The van der Waals surface area contributed by atoms with E-state index in [0.29, 0.717) is 20.6 Å². The van der Waals surface area contributed by atoms with Gasteiger partial charge in [0.2, 0.25) is 0 Å². The lowest BCUT2D eigenvalue weighted by molar-refractivity contribution is 0.0265. The van der Waals surface area contributed by atoms with Crippen molar-refractivity contribution in [3.8, 4) is 0 Å². The zero-order chi connectivity index (χ0) is 17.2. The van der Waals surface area contributed by atoms with Crippen molar-refractivity contribution in [2.75, 3.05) is 13.1 Å². The van der Waals surface area contributed by atoms with Gasteiger partial charge in [-0.15, -0.1) is 0 Å². The van der Waals surface area contributed by atoms with Crippen LogP contribution in [0.4, 0.5) is 4.79 Å². The normalized spacial score (nSPS) is 17.0. The van der Waals surface area contributed by atoms with Gasteiger partial charge in [0.25, 0.3) is 0 Å². The van der Waals surface area contributed by atoms with Crippen LogP contribution in [0.3, 0.4) is 0 Å². The molecular weight excluding hydrogens is 276 g/mol. The van der Waals surface area contributed by atoms with Crippen molar-refractivity contribution in [2.45, 2.75) is 71.4 Å². The summed E-state index contributed by atoms with van der Waals surface area (Å²) in [6.45, 7) is 15.6. The van der Waals surface area contributed by atoms with E-state index in [9.17, 15) is 4.79 Å². The van der Waals surface area contributed by atoms with Crippen molar-refractivity contribution < 1.29 is 14.2 Å². The summed E-state index contributed by atoms with van der Waals surface area (Å²) in [7, 11) is 2.82. The highest BCUT2D eigenvalue weighted by Gasteiger charge is 2.33. The SMILES string of the molecule is BC(C)(C)C(C)(C)OBC1=CCN(C(=O)OC(C)(C)C)CC1. The summed E-state index contributed by atoms with van der Waals surface area (Å²) < 4.78 is 11.5. The van der Waals surface area contributed by atoms with Gasteiger partial charge in [-0.1, -0.05) is 25.4 Å². The molecule has 1 aliphatic rings. The molecular formula is C16H31B2NO3. The van der Waals surface area contributed by atoms with Crippen molar-refractivity contribution in [1.82, 2.24) is 4.90 Å². The monoisotopic (exact) mass is 307 g/mol. The average Bonchev–Trinajstić information content (AvgIpc) is 2.33. The van der Waals surface area contributed by atoms with E-state index < -0.39 is 5.60 Å². The number of hydrogen-bond donors (Lipinski definition) is 0. The molecule has 1 heterocycles. The van der Waals surface area contributed by atoms with Gasteiger partial charge in [0.1, 0.15) is 13.4 Å². The summed E-state index contributed by atoms with van der Waals surface area (Å²) in [6.07, 6.45) is 2.70. The molecule has 0 aliphatic carbocycles. The van der Waals surface area contributed by atoms with E-state index in [1.54, 1.807) is 4.90 Å². The van der Waals surface area contributed by atoms with Crippen molar-refractivity contribution in [3.63, 3.8) is 0 Å². The quantitative estimate of drug-likeness (QED) is 0.749. The maximum atomic E-state index is 12.0. The summed E-state index contributed by atoms with van der Waals surface area (Å²) in [5, 5.41) is 0.0881. The highest BCUT2D eigenvalue weighted by molar-refractivity contribution is 6.38. The van der Waals surface area contributed by atoms with Crippen molar-refractivity contribution in [2.24, 2.45) is 0 Å². The zero-order valence-corrected chi connectivity index (χ0v) is 15.6. The highest BCUT2D eigenvalue weighted by atomic mass is 16.6. The van der Waals surface area contributed by atoms with Gasteiger partial charge in [0.15, 0.2) is 0 Å². The second-order valence-electron chi connectivity index (χ2n) is 8.59. The maximum Gasteiger partial charge on any atom is 0.410 e. The third-order valence-electron chi connectivity index (χ3n) is 4.38. The fourth-order valence-corrected chi connectivity index (χ4v) is 1.82. The zero-order valence-electron chi connectivity index (χ0n) is 15.6. The minimum Gasteiger partial charge on any atom is -0.444 e. The van der Waals surface area contributed by atoms with E-state index >= 15 is 0 Å². The molecule has 0 saturated carbocycles. The topological polar surface area (TPSA) is 38.8 Å². The number of hydrogen-bond acceptors (Lipinski definition) is 3. The van der Waals surface area contributed by atoms with Gasteiger partial charge >= 0.3 is 13.6 Å². The Kier molecular flexibility index (Phi) is 5.82. The molecule has 0 saturated heterocycles. The Morgan fingerprint density at radius 3 is 2.23 bits per heavy atom. The number of carbonyl (C=O) groups is 1. The largest absolute Gasteiger partial charge is 0.444 e. The van der Waals surface area contributed by atoms with Gasteiger partial charge in [-0.25, -0.2) is 4.79 Å². The molecule has 0 N–H and O–H groups in total. The molecule has 1 rings (SSSR count). The predicted octanol–water partition coefficient (Wildman–Crippen LogP) is 2.49. The lowest BCUT2D eigenvalue weighted by Crippen LogP contribution is -2.41. The number of nitrogens with zero attached hydrogens (tertiary/aromatic N) is 1. The summed E-state index contributed by atoms with van der Waals surface area (Å²) in [5.74, 6) is 0. The van der Waals surface area contributed by atoms with E-state index in [2.05, 4.69) is 41.6 Å². The molecule has 0 atom stereocenters. The van der Waals surface area contributed by atoms with Crippen molar-refractivity contribution in [1.29, 1.82) is 0 Å². The van der Waals surface area contributed by atoms with Crippen LogP contribution < -0.4 is 0 Å². The molecule has 0 aromatic rings. The lowest BCUT2D eigenvalue weighted by atomic mass is 9.61. The van der Waals surface area contributed by atoms with Gasteiger partial charge in [-0.05, 0) is 46.4 Å². The molecule has 124 valence electrons. The third-order valence-corrected chi connectivity index (χ3v) is 4.38. The van der Waals surface area contributed by atoms with Gasteiger partial charge in [-0.3, -0.25) is 0 Å². The van der Waals surface area contributed by atoms with E-state index in [4.69, 9.17) is 9.39 Å². The Hall–Kier alpha value is -0.900.